The number of nitrogens with one attached hydrogen (secondary N) is 2. The van der Waals surface area contributed by atoms with Crippen LogP contribution in [0.25, 0.3) is 0 Å². The first kappa shape index (κ1) is 8.13. The van der Waals surface area contributed by atoms with Gasteiger partial charge in [-0.1, -0.05) is 0 Å². The lowest BCUT2D eigenvalue weighted by molar-refractivity contribution is -0.113. The number of imidazole rings is 1. The predicted octanol–water partition coefficient (Wildman–Crippen LogP) is 0.711. The third-order valence-corrected chi connectivity index (χ3v) is 1.58. The Labute approximate surface area is 68.8 Å². The van der Waals surface area contributed by atoms with E-state index in [0.29, 0.717) is 11.7 Å². The number of hydrogen-bond donors (Lipinski definition) is 2. The fourth-order valence-electron chi connectivity index (χ4n) is 0.633. The third kappa shape index (κ3) is 2.63. The molecule has 1 heterocycles. The number of carbonyl (C=O) groups excluding carboxylic acids is 1. The van der Waals surface area contributed by atoms with Gasteiger partial charge in [0.1, 0.15) is 0 Å². The molecule has 1 aromatic rings. The van der Waals surface area contributed by atoms with Crippen LogP contribution in [0.5, 0.6) is 0 Å². The van der Waals surface area contributed by atoms with E-state index in [1.54, 1.807) is 12.4 Å². The van der Waals surface area contributed by atoms with E-state index in [0.717, 1.165) is 0 Å². The van der Waals surface area contributed by atoms with E-state index < -0.39 is 0 Å². The van der Waals surface area contributed by atoms with Crippen LogP contribution >= 0.6 is 11.8 Å². The molecule has 1 aromatic heterocycles. The average molecular weight is 171 g/mol. The van der Waals surface area contributed by atoms with Crippen LogP contribution in [0.1, 0.15) is 0 Å². The first-order valence-corrected chi connectivity index (χ1v) is 4.50. The molecule has 0 aromatic carbocycles. The van der Waals surface area contributed by atoms with Gasteiger partial charge in [0.25, 0.3) is 0 Å². The number of aromatic amines is 1. The summed E-state index contributed by atoms with van der Waals surface area (Å²) in [6.07, 6.45) is 5.13. The van der Waals surface area contributed by atoms with Crippen molar-refractivity contribution in [2.45, 2.75) is 0 Å². The number of thioether (sulfide) groups is 1. The molecule has 1 amide bonds. The van der Waals surface area contributed by atoms with Gasteiger partial charge in [0.2, 0.25) is 11.9 Å². The Kier molecular flexibility index (Phi) is 2.97. The van der Waals surface area contributed by atoms with Crippen LogP contribution in [-0.4, -0.2) is 27.9 Å². The minimum absolute atomic E-state index is 0.0348. The van der Waals surface area contributed by atoms with Gasteiger partial charge in [0.05, 0.1) is 5.75 Å². The minimum atomic E-state index is -0.0348. The fourth-order valence-corrected chi connectivity index (χ4v) is 0.967. The number of hydrogen-bond acceptors (Lipinski definition) is 3. The van der Waals surface area contributed by atoms with Gasteiger partial charge in [-0.15, -0.1) is 0 Å². The largest absolute Gasteiger partial charge is 0.331 e. The SMILES string of the molecule is CSCC(=O)Nc1ncc[nH]1. The van der Waals surface area contributed by atoms with Crippen molar-refractivity contribution in [3.63, 3.8) is 0 Å². The van der Waals surface area contributed by atoms with Crippen molar-refractivity contribution < 1.29 is 4.79 Å². The van der Waals surface area contributed by atoms with Crippen molar-refractivity contribution >= 4 is 23.6 Å². The van der Waals surface area contributed by atoms with E-state index in [-0.39, 0.29) is 5.91 Å². The van der Waals surface area contributed by atoms with Crippen LogP contribution in [0.4, 0.5) is 5.95 Å². The summed E-state index contributed by atoms with van der Waals surface area (Å²) in [6, 6.07) is 0. The zero-order valence-corrected chi connectivity index (χ0v) is 6.94. The topological polar surface area (TPSA) is 57.8 Å². The highest BCUT2D eigenvalue weighted by Gasteiger charge is 2.00. The molecule has 2 N–H and O–H groups in total. The van der Waals surface area contributed by atoms with E-state index in [1.807, 2.05) is 6.26 Å². The lowest BCUT2D eigenvalue weighted by Crippen LogP contribution is -2.14. The number of rotatable bonds is 3. The molecule has 0 aliphatic rings. The summed E-state index contributed by atoms with van der Waals surface area (Å²) in [5.74, 6) is 0.928. The zero-order valence-electron chi connectivity index (χ0n) is 6.13. The molecule has 1 rings (SSSR count). The number of anilines is 1. The van der Waals surface area contributed by atoms with Crippen molar-refractivity contribution in [3.05, 3.63) is 12.4 Å². The third-order valence-electron chi connectivity index (χ3n) is 1.03. The van der Waals surface area contributed by atoms with E-state index in [1.165, 1.54) is 11.8 Å². The van der Waals surface area contributed by atoms with Gasteiger partial charge >= 0.3 is 0 Å². The van der Waals surface area contributed by atoms with Crippen molar-refractivity contribution in [2.75, 3.05) is 17.3 Å². The van der Waals surface area contributed by atoms with Gasteiger partial charge in [0, 0.05) is 12.4 Å². The Balaban J connectivity index is 2.37. The van der Waals surface area contributed by atoms with E-state index in [2.05, 4.69) is 15.3 Å². The van der Waals surface area contributed by atoms with Crippen LogP contribution in [0, 0.1) is 0 Å². The number of nitrogens with zero attached hydrogens (tertiary/aromatic N) is 1. The number of amides is 1. The van der Waals surface area contributed by atoms with Gasteiger partial charge in [-0.3, -0.25) is 10.1 Å². The molecular weight excluding hydrogens is 162 g/mol. The first-order valence-electron chi connectivity index (χ1n) is 3.11. The van der Waals surface area contributed by atoms with Crippen molar-refractivity contribution in [1.29, 1.82) is 0 Å². The summed E-state index contributed by atoms with van der Waals surface area (Å²) >= 11 is 1.48. The highest BCUT2D eigenvalue weighted by atomic mass is 32.2. The Morgan fingerprint density at radius 3 is 3.27 bits per heavy atom. The Hall–Kier alpha value is -0.970. The van der Waals surface area contributed by atoms with Crippen molar-refractivity contribution in [2.24, 2.45) is 0 Å². The molecular formula is C6H9N3OS. The van der Waals surface area contributed by atoms with Crippen LogP contribution in [-0.2, 0) is 4.79 Å². The molecule has 0 radical (unpaired) electrons. The molecule has 11 heavy (non-hydrogen) atoms. The summed E-state index contributed by atoms with van der Waals surface area (Å²) in [4.78, 5) is 17.5. The molecule has 60 valence electrons. The smallest absolute Gasteiger partial charge is 0.236 e. The fraction of sp³-hybridized carbons (Fsp3) is 0.333. The normalized spacial score (nSPS) is 9.55. The summed E-state index contributed by atoms with van der Waals surface area (Å²) in [5.41, 5.74) is 0. The summed E-state index contributed by atoms with van der Waals surface area (Å²) in [6.45, 7) is 0. The Morgan fingerprint density at radius 1 is 1.91 bits per heavy atom. The molecule has 4 nitrogen and oxygen atoms in total. The van der Waals surface area contributed by atoms with Gasteiger partial charge in [-0.25, -0.2) is 4.98 Å². The number of carbonyl (C=O) groups is 1. The van der Waals surface area contributed by atoms with E-state index in [9.17, 15) is 4.79 Å². The summed E-state index contributed by atoms with van der Waals surface area (Å²) in [5, 5.41) is 2.60. The summed E-state index contributed by atoms with van der Waals surface area (Å²) < 4.78 is 0. The first-order chi connectivity index (χ1) is 5.33. The molecule has 0 unspecified atom stereocenters. The standard InChI is InChI=1S/C6H9N3OS/c1-11-4-5(10)9-6-7-2-3-8-6/h2-3H,4H2,1H3,(H2,7,8,9,10). The maximum Gasteiger partial charge on any atom is 0.236 e. The average Bonchev–Trinajstić information content (AvgIpc) is 2.40. The van der Waals surface area contributed by atoms with Gasteiger partial charge < -0.3 is 4.98 Å². The number of aromatic nitrogens is 2. The highest BCUT2D eigenvalue weighted by Crippen LogP contribution is 1.97. The second kappa shape index (κ2) is 4.02. The van der Waals surface area contributed by atoms with E-state index >= 15 is 0 Å². The number of H-pyrrole nitrogens is 1. The lowest BCUT2D eigenvalue weighted by atomic mass is 10.7. The van der Waals surface area contributed by atoms with Gasteiger partial charge in [0.15, 0.2) is 0 Å². The molecule has 0 aliphatic carbocycles. The molecule has 0 fully saturated rings. The molecule has 0 aliphatic heterocycles. The van der Waals surface area contributed by atoms with Gasteiger partial charge in [-0.05, 0) is 6.26 Å². The maximum absolute atomic E-state index is 10.9. The highest BCUT2D eigenvalue weighted by molar-refractivity contribution is 7.99. The van der Waals surface area contributed by atoms with Crippen LogP contribution in [0.15, 0.2) is 12.4 Å². The minimum Gasteiger partial charge on any atom is -0.331 e. The van der Waals surface area contributed by atoms with Gasteiger partial charge in [-0.2, -0.15) is 11.8 Å². The maximum atomic E-state index is 10.9. The van der Waals surface area contributed by atoms with Crippen LogP contribution in [0.2, 0.25) is 0 Å². The Morgan fingerprint density at radius 2 is 2.73 bits per heavy atom. The predicted molar refractivity (Wildman–Crippen MR) is 45.6 cm³/mol. The molecule has 0 atom stereocenters. The second-order valence-corrected chi connectivity index (χ2v) is 2.78. The molecule has 0 saturated heterocycles. The lowest BCUT2D eigenvalue weighted by Gasteiger charge is -1.97. The molecule has 0 saturated carbocycles. The van der Waals surface area contributed by atoms with Crippen molar-refractivity contribution in [1.82, 2.24) is 9.97 Å². The van der Waals surface area contributed by atoms with Crippen LogP contribution < -0.4 is 5.32 Å². The summed E-state index contributed by atoms with van der Waals surface area (Å²) in [7, 11) is 0. The van der Waals surface area contributed by atoms with Crippen molar-refractivity contribution in [3.8, 4) is 0 Å². The van der Waals surface area contributed by atoms with E-state index in [4.69, 9.17) is 0 Å². The Bertz CT molecular complexity index is 222. The monoisotopic (exact) mass is 171 g/mol. The molecule has 5 heteroatoms. The quantitative estimate of drug-likeness (QED) is 0.704. The molecule has 0 bridgehead atoms. The second-order valence-electron chi connectivity index (χ2n) is 1.92. The van der Waals surface area contributed by atoms with Crippen LogP contribution in [0.3, 0.4) is 0 Å². The molecule has 0 spiro atoms. The zero-order chi connectivity index (χ0) is 8.10.